The van der Waals surface area contributed by atoms with E-state index in [9.17, 15) is 0 Å². The van der Waals surface area contributed by atoms with Crippen molar-refractivity contribution in [2.75, 3.05) is 0 Å². The van der Waals surface area contributed by atoms with Crippen molar-refractivity contribution < 1.29 is 0 Å². The Morgan fingerprint density at radius 2 is 2.10 bits per heavy atom. The number of nitrogens with one attached hydrogen (secondary N) is 1. The van der Waals surface area contributed by atoms with E-state index in [1.54, 1.807) is 0 Å². The van der Waals surface area contributed by atoms with E-state index in [2.05, 4.69) is 46.9 Å². The molecule has 108 valence electrons. The van der Waals surface area contributed by atoms with E-state index in [1.165, 1.54) is 28.2 Å². The molecule has 2 aromatic rings. The first-order valence-electron chi connectivity index (χ1n) is 7.27. The minimum absolute atomic E-state index is 0.351. The van der Waals surface area contributed by atoms with Gasteiger partial charge in [-0.05, 0) is 52.2 Å². The number of aromatic nitrogens is 3. The fourth-order valence-corrected chi connectivity index (χ4v) is 3.80. The van der Waals surface area contributed by atoms with Crippen LogP contribution in [-0.4, -0.2) is 14.8 Å². The van der Waals surface area contributed by atoms with Gasteiger partial charge in [0.15, 0.2) is 0 Å². The Balaban J connectivity index is 1.69. The Kier molecular flexibility index (Phi) is 3.65. The maximum absolute atomic E-state index is 4.32. The van der Waals surface area contributed by atoms with E-state index in [-0.39, 0.29) is 0 Å². The van der Waals surface area contributed by atoms with Gasteiger partial charge in [0.1, 0.15) is 11.6 Å². The minimum Gasteiger partial charge on any atom is -0.311 e. The molecule has 1 atom stereocenters. The summed E-state index contributed by atoms with van der Waals surface area (Å²) < 4.78 is 2.30. The molecule has 0 amide bonds. The normalized spacial score (nSPS) is 16.6. The van der Waals surface area contributed by atoms with Crippen molar-refractivity contribution in [2.45, 2.75) is 59.2 Å². The van der Waals surface area contributed by atoms with Crippen LogP contribution in [0.1, 0.15) is 58.8 Å². The highest BCUT2D eigenvalue weighted by Crippen LogP contribution is 2.36. The Labute approximate surface area is 124 Å². The third-order valence-corrected chi connectivity index (χ3v) is 4.94. The van der Waals surface area contributed by atoms with Gasteiger partial charge in [-0.1, -0.05) is 0 Å². The molecule has 4 nitrogen and oxygen atoms in total. The lowest BCUT2D eigenvalue weighted by Gasteiger charge is -2.14. The van der Waals surface area contributed by atoms with E-state index >= 15 is 0 Å². The molecule has 2 heterocycles. The van der Waals surface area contributed by atoms with Gasteiger partial charge in [0.25, 0.3) is 0 Å². The summed E-state index contributed by atoms with van der Waals surface area (Å²) >= 11 is 1.87. The van der Waals surface area contributed by atoms with Gasteiger partial charge in [-0.3, -0.25) is 0 Å². The number of nitrogens with zero attached hydrogens (tertiary/aromatic N) is 3. The average molecular weight is 290 g/mol. The van der Waals surface area contributed by atoms with Crippen molar-refractivity contribution in [3.8, 4) is 0 Å². The van der Waals surface area contributed by atoms with Gasteiger partial charge in [-0.15, -0.1) is 21.5 Å². The molecule has 3 rings (SSSR count). The van der Waals surface area contributed by atoms with E-state index in [1.807, 2.05) is 18.3 Å². The van der Waals surface area contributed by atoms with Gasteiger partial charge in [0.2, 0.25) is 0 Å². The van der Waals surface area contributed by atoms with Crippen molar-refractivity contribution in [3.05, 3.63) is 33.0 Å². The summed E-state index contributed by atoms with van der Waals surface area (Å²) in [6.45, 7) is 9.42. The summed E-state index contributed by atoms with van der Waals surface area (Å²) in [5.74, 6) is 2.11. The standard InChI is InChI=1S/C15H22N4S/c1-9-7-14(11(3)20-9)10(2)16-8-15-18-17-12(4)19(15)13-5-6-13/h7,10,13,16H,5-6,8H2,1-4H3. The van der Waals surface area contributed by atoms with Crippen molar-refractivity contribution in [1.29, 1.82) is 0 Å². The molecule has 0 radical (unpaired) electrons. The third-order valence-electron chi connectivity index (χ3n) is 3.96. The minimum atomic E-state index is 0.351. The summed E-state index contributed by atoms with van der Waals surface area (Å²) in [6.07, 6.45) is 2.54. The number of aryl methyl sites for hydroxylation is 3. The molecule has 1 unspecified atom stereocenters. The van der Waals surface area contributed by atoms with Crippen molar-refractivity contribution in [2.24, 2.45) is 0 Å². The van der Waals surface area contributed by atoms with Crippen LogP contribution in [0.3, 0.4) is 0 Å². The summed E-state index contributed by atoms with van der Waals surface area (Å²) in [6, 6.07) is 3.28. The summed E-state index contributed by atoms with van der Waals surface area (Å²) in [4.78, 5) is 2.78. The molecule has 0 spiro atoms. The van der Waals surface area contributed by atoms with Crippen LogP contribution < -0.4 is 5.32 Å². The van der Waals surface area contributed by atoms with Crippen LogP contribution in [0, 0.1) is 20.8 Å². The van der Waals surface area contributed by atoms with Crippen molar-refractivity contribution >= 4 is 11.3 Å². The zero-order valence-corrected chi connectivity index (χ0v) is 13.4. The predicted octanol–water partition coefficient (Wildman–Crippen LogP) is 3.45. The third kappa shape index (κ3) is 2.65. The van der Waals surface area contributed by atoms with E-state index in [0.717, 1.165) is 18.2 Å². The molecule has 1 aliphatic carbocycles. The Bertz CT molecular complexity index is 609. The van der Waals surface area contributed by atoms with Crippen molar-refractivity contribution in [3.63, 3.8) is 0 Å². The maximum atomic E-state index is 4.32. The molecule has 0 bridgehead atoms. The van der Waals surface area contributed by atoms with Crippen LogP contribution in [0.4, 0.5) is 0 Å². The second-order valence-electron chi connectivity index (χ2n) is 5.74. The van der Waals surface area contributed by atoms with Crippen LogP contribution in [0.25, 0.3) is 0 Å². The first kappa shape index (κ1) is 13.8. The molecule has 1 fully saturated rings. The Hall–Kier alpha value is -1.20. The van der Waals surface area contributed by atoms with E-state index in [0.29, 0.717) is 12.1 Å². The lowest BCUT2D eigenvalue weighted by molar-refractivity contribution is 0.534. The zero-order valence-electron chi connectivity index (χ0n) is 12.6. The van der Waals surface area contributed by atoms with Gasteiger partial charge in [0.05, 0.1) is 6.54 Å². The predicted molar refractivity (Wildman–Crippen MR) is 82.1 cm³/mol. The van der Waals surface area contributed by atoms with Gasteiger partial charge in [0, 0.05) is 21.8 Å². The van der Waals surface area contributed by atoms with E-state index in [4.69, 9.17) is 0 Å². The molecule has 5 heteroatoms. The van der Waals surface area contributed by atoms with Crippen LogP contribution in [-0.2, 0) is 6.54 Å². The second kappa shape index (κ2) is 5.30. The molecule has 0 aliphatic heterocycles. The smallest absolute Gasteiger partial charge is 0.147 e. The van der Waals surface area contributed by atoms with Gasteiger partial charge in [-0.2, -0.15) is 0 Å². The topological polar surface area (TPSA) is 42.7 Å². The molecular formula is C15H22N4S. The lowest BCUT2D eigenvalue weighted by Crippen LogP contribution is -2.21. The second-order valence-corrected chi connectivity index (χ2v) is 7.20. The van der Waals surface area contributed by atoms with Crippen LogP contribution in [0.5, 0.6) is 0 Å². The number of hydrogen-bond donors (Lipinski definition) is 1. The number of rotatable bonds is 5. The summed E-state index contributed by atoms with van der Waals surface area (Å²) in [5.41, 5.74) is 1.40. The number of hydrogen-bond acceptors (Lipinski definition) is 4. The van der Waals surface area contributed by atoms with Crippen LogP contribution >= 0.6 is 11.3 Å². The lowest BCUT2D eigenvalue weighted by atomic mass is 10.1. The highest BCUT2D eigenvalue weighted by molar-refractivity contribution is 7.12. The molecule has 1 N–H and O–H groups in total. The SMILES string of the molecule is Cc1cc(C(C)NCc2nnc(C)n2C2CC2)c(C)s1. The maximum Gasteiger partial charge on any atom is 0.147 e. The van der Waals surface area contributed by atoms with E-state index < -0.39 is 0 Å². The monoisotopic (exact) mass is 290 g/mol. The molecule has 1 saturated carbocycles. The van der Waals surface area contributed by atoms with Crippen LogP contribution in [0.15, 0.2) is 6.07 Å². The van der Waals surface area contributed by atoms with Crippen molar-refractivity contribution in [1.82, 2.24) is 20.1 Å². The number of thiophene rings is 1. The summed E-state index contributed by atoms with van der Waals surface area (Å²) in [5, 5.41) is 12.1. The zero-order chi connectivity index (χ0) is 14.3. The first-order valence-corrected chi connectivity index (χ1v) is 8.08. The molecule has 1 aliphatic rings. The average Bonchev–Trinajstić information content (AvgIpc) is 3.08. The van der Waals surface area contributed by atoms with Gasteiger partial charge >= 0.3 is 0 Å². The summed E-state index contributed by atoms with van der Waals surface area (Å²) in [7, 11) is 0. The molecule has 2 aromatic heterocycles. The van der Waals surface area contributed by atoms with Crippen LogP contribution in [0.2, 0.25) is 0 Å². The fourth-order valence-electron chi connectivity index (χ4n) is 2.78. The molecular weight excluding hydrogens is 268 g/mol. The quantitative estimate of drug-likeness (QED) is 0.917. The fraction of sp³-hybridized carbons (Fsp3) is 0.600. The highest BCUT2D eigenvalue weighted by Gasteiger charge is 2.28. The molecule has 20 heavy (non-hydrogen) atoms. The van der Waals surface area contributed by atoms with Gasteiger partial charge < -0.3 is 9.88 Å². The Morgan fingerprint density at radius 1 is 1.35 bits per heavy atom. The largest absolute Gasteiger partial charge is 0.311 e. The Morgan fingerprint density at radius 3 is 2.70 bits per heavy atom. The molecule has 0 saturated heterocycles. The van der Waals surface area contributed by atoms with Gasteiger partial charge in [-0.25, -0.2) is 0 Å². The first-order chi connectivity index (χ1) is 9.56. The molecule has 0 aromatic carbocycles. The highest BCUT2D eigenvalue weighted by atomic mass is 32.1.